The number of aromatic nitrogens is 1. The minimum absolute atomic E-state index is 0.203. The smallest absolute Gasteiger partial charge is 0.236 e. The number of aryl methyl sites for hydroxylation is 1. The molecular formula is C19H27N3O3. The zero-order valence-electron chi connectivity index (χ0n) is 14.9. The van der Waals surface area contributed by atoms with Crippen molar-refractivity contribution in [3.05, 3.63) is 24.0 Å². The predicted octanol–water partition coefficient (Wildman–Crippen LogP) is 1.34. The van der Waals surface area contributed by atoms with Crippen LogP contribution in [0.5, 0.6) is 5.75 Å². The number of ether oxygens (including phenoxy) is 2. The molecule has 0 unspecified atom stereocenters. The van der Waals surface area contributed by atoms with Gasteiger partial charge in [-0.15, -0.1) is 0 Å². The summed E-state index contributed by atoms with van der Waals surface area (Å²) in [4.78, 5) is 21.2. The van der Waals surface area contributed by atoms with Gasteiger partial charge in [-0.25, -0.2) is 0 Å². The van der Waals surface area contributed by atoms with E-state index in [0.717, 1.165) is 63.7 Å². The van der Waals surface area contributed by atoms with Crippen molar-refractivity contribution in [1.82, 2.24) is 14.8 Å². The Bertz CT molecular complexity index is 618. The summed E-state index contributed by atoms with van der Waals surface area (Å²) in [7, 11) is 0. The van der Waals surface area contributed by atoms with Crippen LogP contribution in [-0.4, -0.2) is 72.7 Å². The van der Waals surface area contributed by atoms with Crippen molar-refractivity contribution in [1.29, 1.82) is 0 Å². The number of likely N-dealkylation sites (tertiary alicyclic amines) is 1. The van der Waals surface area contributed by atoms with Crippen LogP contribution in [0.3, 0.4) is 0 Å². The number of amides is 1. The maximum Gasteiger partial charge on any atom is 0.236 e. The maximum atomic E-state index is 12.7. The molecule has 3 atom stereocenters. The third kappa shape index (κ3) is 3.65. The molecule has 0 aromatic carbocycles. The van der Waals surface area contributed by atoms with E-state index >= 15 is 0 Å². The standard InChI is InChI=1S/C19H27N3O3/c1-14-17(3-2-6-20-14)25-18-5-4-15-11-22(12-16(15)18)19(23)13-21-7-9-24-10-8-21/h2-3,6,15-16,18H,4-5,7-13H2,1H3/t15-,16+,18-/m1/s1. The number of pyridine rings is 1. The molecule has 136 valence electrons. The highest BCUT2D eigenvalue weighted by Crippen LogP contribution is 2.40. The molecule has 1 aromatic rings. The number of hydrogen-bond acceptors (Lipinski definition) is 5. The second kappa shape index (κ2) is 7.30. The van der Waals surface area contributed by atoms with Crippen LogP contribution in [0, 0.1) is 18.8 Å². The molecule has 1 amide bonds. The molecule has 0 bridgehead atoms. The van der Waals surface area contributed by atoms with Gasteiger partial charge >= 0.3 is 0 Å². The minimum atomic E-state index is 0.203. The summed E-state index contributed by atoms with van der Waals surface area (Å²) in [5.74, 6) is 2.17. The fraction of sp³-hybridized carbons (Fsp3) is 0.684. The van der Waals surface area contributed by atoms with E-state index in [9.17, 15) is 4.79 Å². The van der Waals surface area contributed by atoms with Gasteiger partial charge in [-0.3, -0.25) is 14.7 Å². The van der Waals surface area contributed by atoms with E-state index in [4.69, 9.17) is 9.47 Å². The zero-order chi connectivity index (χ0) is 17.2. The highest BCUT2D eigenvalue weighted by molar-refractivity contribution is 5.78. The molecule has 25 heavy (non-hydrogen) atoms. The van der Waals surface area contributed by atoms with Gasteiger partial charge in [0.25, 0.3) is 0 Å². The van der Waals surface area contributed by atoms with Crippen molar-refractivity contribution < 1.29 is 14.3 Å². The second-order valence-corrected chi connectivity index (χ2v) is 7.43. The van der Waals surface area contributed by atoms with Gasteiger partial charge in [0, 0.05) is 38.3 Å². The summed E-state index contributed by atoms with van der Waals surface area (Å²) in [5, 5.41) is 0. The van der Waals surface area contributed by atoms with Gasteiger partial charge in [0.05, 0.1) is 25.5 Å². The summed E-state index contributed by atoms with van der Waals surface area (Å²) >= 11 is 0. The molecule has 0 N–H and O–H groups in total. The molecule has 3 heterocycles. The van der Waals surface area contributed by atoms with E-state index in [1.54, 1.807) is 6.20 Å². The molecule has 3 fully saturated rings. The monoisotopic (exact) mass is 345 g/mol. The van der Waals surface area contributed by atoms with Crippen molar-refractivity contribution in [2.24, 2.45) is 11.8 Å². The number of rotatable bonds is 4. The first-order valence-electron chi connectivity index (χ1n) is 9.37. The van der Waals surface area contributed by atoms with Crippen LogP contribution < -0.4 is 4.74 Å². The number of morpholine rings is 1. The molecule has 1 aromatic heterocycles. The lowest BCUT2D eigenvalue weighted by molar-refractivity contribution is -0.132. The SMILES string of the molecule is Cc1ncccc1O[C@@H]1CC[C@@H]2CN(C(=O)CN3CCOCC3)C[C@@H]21. The van der Waals surface area contributed by atoms with Crippen LogP contribution in [0.15, 0.2) is 18.3 Å². The average Bonchev–Trinajstić information content (AvgIpc) is 3.20. The molecule has 1 saturated carbocycles. The Morgan fingerprint density at radius 3 is 2.96 bits per heavy atom. The highest BCUT2D eigenvalue weighted by Gasteiger charge is 2.45. The molecule has 1 aliphatic carbocycles. The van der Waals surface area contributed by atoms with E-state index in [1.807, 2.05) is 19.1 Å². The van der Waals surface area contributed by atoms with Gasteiger partial charge in [-0.2, -0.15) is 0 Å². The van der Waals surface area contributed by atoms with Gasteiger partial charge in [0.2, 0.25) is 5.91 Å². The summed E-state index contributed by atoms with van der Waals surface area (Å²) in [6.07, 6.45) is 4.22. The average molecular weight is 345 g/mol. The van der Waals surface area contributed by atoms with Crippen LogP contribution in [-0.2, 0) is 9.53 Å². The lowest BCUT2D eigenvalue weighted by Gasteiger charge is -2.28. The fourth-order valence-electron chi connectivity index (χ4n) is 4.37. The molecule has 6 nitrogen and oxygen atoms in total. The zero-order valence-corrected chi connectivity index (χ0v) is 14.9. The van der Waals surface area contributed by atoms with E-state index in [-0.39, 0.29) is 12.0 Å². The molecule has 6 heteroatoms. The fourth-order valence-corrected chi connectivity index (χ4v) is 4.37. The van der Waals surface area contributed by atoms with Gasteiger partial charge in [0.15, 0.2) is 0 Å². The summed E-state index contributed by atoms with van der Waals surface area (Å²) in [6, 6.07) is 3.91. The van der Waals surface area contributed by atoms with Crippen molar-refractivity contribution in [3.8, 4) is 5.75 Å². The van der Waals surface area contributed by atoms with Gasteiger partial charge in [-0.1, -0.05) is 0 Å². The Balaban J connectivity index is 1.34. The Kier molecular flexibility index (Phi) is 4.90. The second-order valence-electron chi connectivity index (χ2n) is 7.43. The van der Waals surface area contributed by atoms with Crippen molar-refractivity contribution in [2.45, 2.75) is 25.9 Å². The lowest BCUT2D eigenvalue weighted by Crippen LogP contribution is -2.44. The number of carbonyl (C=O) groups excluding carboxylic acids is 1. The van der Waals surface area contributed by atoms with E-state index < -0.39 is 0 Å². The minimum Gasteiger partial charge on any atom is -0.488 e. The van der Waals surface area contributed by atoms with Gasteiger partial charge in [-0.05, 0) is 37.8 Å². The molecule has 2 aliphatic heterocycles. The van der Waals surface area contributed by atoms with Crippen LogP contribution >= 0.6 is 0 Å². The first kappa shape index (κ1) is 16.8. The Labute approximate surface area is 149 Å². The number of fused-ring (bicyclic) bond motifs is 1. The Hall–Kier alpha value is -1.66. The third-order valence-electron chi connectivity index (χ3n) is 5.84. The molecular weight excluding hydrogens is 318 g/mol. The highest BCUT2D eigenvalue weighted by atomic mass is 16.5. The number of nitrogens with zero attached hydrogens (tertiary/aromatic N) is 3. The van der Waals surface area contributed by atoms with E-state index in [0.29, 0.717) is 18.4 Å². The molecule has 2 saturated heterocycles. The molecule has 0 spiro atoms. The van der Waals surface area contributed by atoms with Gasteiger partial charge < -0.3 is 14.4 Å². The van der Waals surface area contributed by atoms with Gasteiger partial charge in [0.1, 0.15) is 11.9 Å². The topological polar surface area (TPSA) is 54.9 Å². The van der Waals surface area contributed by atoms with E-state index in [2.05, 4.69) is 14.8 Å². The normalized spacial score (nSPS) is 29.6. The van der Waals surface area contributed by atoms with Crippen LogP contribution in [0.4, 0.5) is 0 Å². The Morgan fingerprint density at radius 2 is 2.16 bits per heavy atom. The van der Waals surface area contributed by atoms with E-state index in [1.165, 1.54) is 0 Å². The van der Waals surface area contributed by atoms with Crippen molar-refractivity contribution in [3.63, 3.8) is 0 Å². The maximum absolute atomic E-state index is 12.7. The molecule has 4 rings (SSSR count). The summed E-state index contributed by atoms with van der Waals surface area (Å²) < 4.78 is 11.6. The largest absolute Gasteiger partial charge is 0.488 e. The van der Waals surface area contributed by atoms with Crippen molar-refractivity contribution >= 4 is 5.91 Å². The number of hydrogen-bond donors (Lipinski definition) is 0. The van der Waals surface area contributed by atoms with Crippen LogP contribution in [0.1, 0.15) is 18.5 Å². The Morgan fingerprint density at radius 1 is 1.32 bits per heavy atom. The molecule has 3 aliphatic rings. The molecule has 0 radical (unpaired) electrons. The predicted molar refractivity (Wildman–Crippen MR) is 93.4 cm³/mol. The summed E-state index contributed by atoms with van der Waals surface area (Å²) in [6.45, 7) is 7.41. The third-order valence-corrected chi connectivity index (χ3v) is 5.84. The first-order valence-corrected chi connectivity index (χ1v) is 9.37. The summed E-state index contributed by atoms with van der Waals surface area (Å²) in [5.41, 5.74) is 0.934. The van der Waals surface area contributed by atoms with Crippen LogP contribution in [0.25, 0.3) is 0 Å². The number of carbonyl (C=O) groups is 1. The first-order chi connectivity index (χ1) is 12.2. The van der Waals surface area contributed by atoms with Crippen LogP contribution in [0.2, 0.25) is 0 Å². The quantitative estimate of drug-likeness (QED) is 0.824. The van der Waals surface area contributed by atoms with Crippen molar-refractivity contribution in [2.75, 3.05) is 45.9 Å². The lowest BCUT2D eigenvalue weighted by atomic mass is 9.99.